The number of halogens is 4. The van der Waals surface area contributed by atoms with E-state index in [1.165, 1.54) is 11.8 Å². The largest absolute Gasteiger partial charge is 0.490 e. The first kappa shape index (κ1) is 31.5. The van der Waals surface area contributed by atoms with Gasteiger partial charge in [0.2, 0.25) is 0 Å². The van der Waals surface area contributed by atoms with Crippen LogP contribution in [0.1, 0.15) is 29.2 Å². The van der Waals surface area contributed by atoms with E-state index < -0.39 is 0 Å². The van der Waals surface area contributed by atoms with Gasteiger partial charge in [-0.2, -0.15) is 0 Å². The number of aryl methyl sites for hydroxylation is 2. The highest BCUT2D eigenvalue weighted by molar-refractivity contribution is 9.10. The summed E-state index contributed by atoms with van der Waals surface area (Å²) in [5.74, 6) is 0.680. The molecule has 0 bridgehead atoms. The Morgan fingerprint density at radius 3 is 2.26 bits per heavy atom. The number of ether oxygens (including phenoxy) is 2. The molecule has 0 spiro atoms. The molecule has 1 fully saturated rings. The Hall–Kier alpha value is -2.94. The number of amidine groups is 1. The number of anilines is 1. The maximum atomic E-state index is 13.9. The van der Waals surface area contributed by atoms with E-state index in [1.807, 2.05) is 75.4 Å². The van der Waals surface area contributed by atoms with Crippen molar-refractivity contribution in [3.63, 3.8) is 0 Å². The molecule has 0 aliphatic carbocycles. The molecule has 0 aromatic heterocycles. The maximum Gasteiger partial charge on any atom is 0.271 e. The summed E-state index contributed by atoms with van der Waals surface area (Å²) in [6, 6.07) is 22.4. The Bertz CT molecular complexity index is 1760. The van der Waals surface area contributed by atoms with Crippen molar-refractivity contribution in [1.29, 1.82) is 0 Å². The third kappa shape index (κ3) is 7.41. The average molecular weight is 717 g/mol. The van der Waals surface area contributed by atoms with Crippen molar-refractivity contribution in [2.24, 2.45) is 4.99 Å². The van der Waals surface area contributed by atoms with Gasteiger partial charge < -0.3 is 9.47 Å². The molecule has 0 radical (unpaired) electrons. The van der Waals surface area contributed by atoms with Crippen LogP contribution in [0.2, 0.25) is 15.1 Å². The van der Waals surface area contributed by atoms with Gasteiger partial charge in [-0.05, 0) is 109 Å². The van der Waals surface area contributed by atoms with E-state index in [9.17, 15) is 4.79 Å². The molecule has 43 heavy (non-hydrogen) atoms. The van der Waals surface area contributed by atoms with E-state index in [0.29, 0.717) is 66.8 Å². The van der Waals surface area contributed by atoms with E-state index >= 15 is 0 Å². The summed E-state index contributed by atoms with van der Waals surface area (Å²) in [5.41, 5.74) is 4.75. The summed E-state index contributed by atoms with van der Waals surface area (Å²) in [4.78, 5) is 20.7. The normalized spacial score (nSPS) is 15.0. The Morgan fingerprint density at radius 1 is 0.884 bits per heavy atom. The van der Waals surface area contributed by atoms with Crippen LogP contribution in [0.5, 0.6) is 11.5 Å². The molecule has 5 nitrogen and oxygen atoms in total. The predicted molar refractivity (Wildman–Crippen MR) is 184 cm³/mol. The van der Waals surface area contributed by atoms with Gasteiger partial charge in [-0.25, -0.2) is 4.99 Å². The Morgan fingerprint density at radius 2 is 1.58 bits per heavy atom. The zero-order valence-corrected chi connectivity index (χ0v) is 28.1. The van der Waals surface area contributed by atoms with Crippen molar-refractivity contribution >= 4 is 91.0 Å². The lowest BCUT2D eigenvalue weighted by Crippen LogP contribution is -2.28. The van der Waals surface area contributed by atoms with Gasteiger partial charge in [0.05, 0.1) is 27.9 Å². The lowest BCUT2D eigenvalue weighted by Gasteiger charge is -2.17. The summed E-state index contributed by atoms with van der Waals surface area (Å²) >= 11 is 24.2. The summed E-state index contributed by atoms with van der Waals surface area (Å²) in [6.07, 6.45) is 1.77. The van der Waals surface area contributed by atoms with Gasteiger partial charge in [0.1, 0.15) is 6.61 Å². The van der Waals surface area contributed by atoms with Gasteiger partial charge in [0, 0.05) is 14.5 Å². The van der Waals surface area contributed by atoms with Gasteiger partial charge in [-0.3, -0.25) is 9.69 Å². The molecule has 4 aromatic rings. The smallest absolute Gasteiger partial charge is 0.271 e. The van der Waals surface area contributed by atoms with Crippen molar-refractivity contribution in [3.05, 3.63) is 119 Å². The van der Waals surface area contributed by atoms with Crippen molar-refractivity contribution < 1.29 is 14.3 Å². The molecule has 0 atom stereocenters. The number of nitrogens with zero attached hydrogens (tertiary/aromatic N) is 2. The zero-order valence-electron chi connectivity index (χ0n) is 23.5. The third-order valence-corrected chi connectivity index (χ3v) is 9.12. The highest BCUT2D eigenvalue weighted by atomic mass is 79.9. The molecular formula is C33H26BrCl3N2O3S. The maximum absolute atomic E-state index is 13.9. The van der Waals surface area contributed by atoms with Crippen molar-refractivity contribution in [3.8, 4) is 11.5 Å². The highest BCUT2D eigenvalue weighted by Gasteiger charge is 2.35. The standard InChI is InChI=1S/C33H26BrCl3N2O3S/c1-4-41-29-14-22(13-28(37)31(29)42-18-21-7-9-23(34)10-8-21)15-30-32(40)39(25-12-6-20(3)27(36)17-25)33(43-30)38-24-11-5-19(2)26(35)16-24/h5-17H,4,18H2,1-3H3/b30-15+,38-33?. The molecule has 4 aromatic carbocycles. The molecular weight excluding hydrogens is 691 g/mol. The third-order valence-electron chi connectivity index (χ3n) is 6.53. The first-order valence-corrected chi connectivity index (χ1v) is 16.1. The fraction of sp³-hybridized carbons (Fsp3) is 0.152. The molecule has 1 aliphatic heterocycles. The Balaban J connectivity index is 1.51. The Kier molecular flexibility index (Phi) is 10.1. The van der Waals surface area contributed by atoms with E-state index in [4.69, 9.17) is 49.3 Å². The van der Waals surface area contributed by atoms with Crippen LogP contribution in [0, 0.1) is 13.8 Å². The van der Waals surface area contributed by atoms with E-state index in [1.54, 1.807) is 29.2 Å². The summed E-state index contributed by atoms with van der Waals surface area (Å²) in [7, 11) is 0. The van der Waals surface area contributed by atoms with Gasteiger partial charge in [-0.15, -0.1) is 0 Å². The van der Waals surface area contributed by atoms with E-state index in [0.717, 1.165) is 21.2 Å². The highest BCUT2D eigenvalue weighted by Crippen LogP contribution is 2.42. The van der Waals surface area contributed by atoms with Crippen LogP contribution < -0.4 is 14.4 Å². The second kappa shape index (κ2) is 13.8. The number of carbonyl (C=O) groups excluding carboxylic acids is 1. The zero-order chi connectivity index (χ0) is 30.7. The van der Waals surface area contributed by atoms with Crippen molar-refractivity contribution in [1.82, 2.24) is 0 Å². The molecule has 5 rings (SSSR count). The lowest BCUT2D eigenvalue weighted by atomic mass is 10.1. The average Bonchev–Trinajstić information content (AvgIpc) is 3.26. The summed E-state index contributed by atoms with van der Waals surface area (Å²) in [5, 5.41) is 1.99. The van der Waals surface area contributed by atoms with Crippen LogP contribution in [0.15, 0.2) is 87.2 Å². The van der Waals surface area contributed by atoms with E-state index in [2.05, 4.69) is 15.9 Å². The molecule has 1 aliphatic rings. The Labute approximate surface area is 278 Å². The number of aliphatic imine (C=N–C) groups is 1. The molecule has 1 amide bonds. The topological polar surface area (TPSA) is 51.1 Å². The molecule has 1 heterocycles. The minimum atomic E-state index is -0.244. The minimum Gasteiger partial charge on any atom is -0.490 e. The van der Waals surface area contributed by atoms with Gasteiger partial charge in [-0.1, -0.05) is 75.0 Å². The quantitative estimate of drug-likeness (QED) is 0.170. The van der Waals surface area contributed by atoms with Gasteiger partial charge in [0.15, 0.2) is 16.7 Å². The minimum absolute atomic E-state index is 0.244. The van der Waals surface area contributed by atoms with Crippen LogP contribution in [0.3, 0.4) is 0 Å². The lowest BCUT2D eigenvalue weighted by molar-refractivity contribution is -0.113. The fourth-order valence-electron chi connectivity index (χ4n) is 4.22. The van der Waals surface area contributed by atoms with Crippen LogP contribution >= 0.6 is 62.5 Å². The van der Waals surface area contributed by atoms with Gasteiger partial charge in [0.25, 0.3) is 5.91 Å². The second-order valence-corrected chi connectivity index (χ2v) is 12.8. The number of benzene rings is 4. The van der Waals surface area contributed by atoms with Crippen LogP contribution in [0.4, 0.5) is 11.4 Å². The van der Waals surface area contributed by atoms with Crippen LogP contribution in [-0.4, -0.2) is 17.7 Å². The number of thioether (sulfide) groups is 1. The van der Waals surface area contributed by atoms with Gasteiger partial charge >= 0.3 is 0 Å². The van der Waals surface area contributed by atoms with Crippen LogP contribution in [-0.2, 0) is 11.4 Å². The molecule has 220 valence electrons. The second-order valence-electron chi connectivity index (χ2n) is 9.69. The molecule has 0 saturated carbocycles. The number of rotatable bonds is 8. The van der Waals surface area contributed by atoms with Crippen molar-refractivity contribution in [2.75, 3.05) is 11.5 Å². The fourth-order valence-corrected chi connectivity index (χ4v) is 6.11. The molecule has 1 saturated heterocycles. The first-order chi connectivity index (χ1) is 20.6. The van der Waals surface area contributed by atoms with Crippen molar-refractivity contribution in [2.45, 2.75) is 27.4 Å². The summed E-state index contributed by atoms with van der Waals surface area (Å²) < 4.78 is 13.0. The monoisotopic (exact) mass is 714 g/mol. The number of hydrogen-bond acceptors (Lipinski definition) is 5. The summed E-state index contributed by atoms with van der Waals surface area (Å²) in [6.45, 7) is 6.45. The molecule has 0 unspecified atom stereocenters. The van der Waals surface area contributed by atoms with E-state index in [-0.39, 0.29) is 5.91 Å². The molecule has 0 N–H and O–H groups in total. The predicted octanol–water partition coefficient (Wildman–Crippen LogP) is 10.8. The first-order valence-electron chi connectivity index (χ1n) is 13.3. The van der Waals surface area contributed by atoms with Crippen LogP contribution in [0.25, 0.3) is 6.08 Å². The number of carbonyl (C=O) groups is 1. The number of amides is 1. The SMILES string of the molecule is CCOc1cc(/C=C2/SC(=Nc3ccc(C)c(Cl)c3)N(c3ccc(C)c(Cl)c3)C2=O)cc(Cl)c1OCc1ccc(Br)cc1. The molecule has 10 heteroatoms. The number of hydrogen-bond donors (Lipinski definition) is 0.